The number of likely N-dealkylation sites (tertiary alicyclic amines) is 1. The minimum absolute atomic E-state index is 0.0705. The van der Waals surface area contributed by atoms with Crippen molar-refractivity contribution in [2.75, 3.05) is 32.8 Å². The molecule has 0 spiro atoms. The van der Waals surface area contributed by atoms with Crippen molar-refractivity contribution >= 4 is 5.91 Å². The lowest BCUT2D eigenvalue weighted by Gasteiger charge is -2.31. The van der Waals surface area contributed by atoms with E-state index < -0.39 is 0 Å². The first kappa shape index (κ1) is 19.6. The van der Waals surface area contributed by atoms with Crippen LogP contribution in [0.2, 0.25) is 0 Å². The number of carbonyl (C=O) groups is 1. The molecule has 0 aromatic heterocycles. The molecule has 1 amide bonds. The van der Waals surface area contributed by atoms with Crippen LogP contribution in [0.4, 0.5) is 0 Å². The number of hydrogen-bond donors (Lipinski definition) is 2. The second-order valence-corrected chi connectivity index (χ2v) is 7.42. The van der Waals surface area contributed by atoms with Crippen molar-refractivity contribution in [3.63, 3.8) is 0 Å². The molecule has 27 heavy (non-hydrogen) atoms. The van der Waals surface area contributed by atoms with Gasteiger partial charge in [0, 0.05) is 38.6 Å². The second kappa shape index (κ2) is 10.2. The van der Waals surface area contributed by atoms with E-state index in [4.69, 9.17) is 0 Å². The molecule has 1 heterocycles. The minimum atomic E-state index is 0.0705. The summed E-state index contributed by atoms with van der Waals surface area (Å²) in [7, 11) is 0. The van der Waals surface area contributed by atoms with Gasteiger partial charge in [-0.2, -0.15) is 0 Å². The summed E-state index contributed by atoms with van der Waals surface area (Å²) in [5.74, 6) is 0.541. The third-order valence-electron chi connectivity index (χ3n) is 5.40. The van der Waals surface area contributed by atoms with Crippen molar-refractivity contribution in [2.45, 2.75) is 25.2 Å². The molecule has 0 radical (unpaired) electrons. The molecule has 1 saturated heterocycles. The Morgan fingerprint density at radius 2 is 1.70 bits per heavy atom. The fourth-order valence-electron chi connectivity index (χ4n) is 3.91. The first-order valence-corrected chi connectivity index (χ1v) is 9.96. The zero-order valence-corrected chi connectivity index (χ0v) is 15.9. The lowest BCUT2D eigenvalue weighted by molar-refractivity contribution is -0.121. The third kappa shape index (κ3) is 5.91. The predicted molar refractivity (Wildman–Crippen MR) is 109 cm³/mol. The quantitative estimate of drug-likeness (QED) is 0.755. The van der Waals surface area contributed by atoms with E-state index in [1.165, 1.54) is 11.1 Å². The Labute approximate surface area is 162 Å². The predicted octanol–water partition coefficient (Wildman–Crippen LogP) is 3.03. The molecule has 0 bridgehead atoms. The van der Waals surface area contributed by atoms with Gasteiger partial charge in [0.05, 0.1) is 0 Å². The number of aliphatic hydroxyl groups excluding tert-OH is 1. The zero-order chi connectivity index (χ0) is 18.9. The van der Waals surface area contributed by atoms with E-state index in [1.54, 1.807) is 0 Å². The SMILES string of the molecule is O=C(CC(c1ccccc1)c1ccccc1)NCCN1CCC[C@@H](CO)C1. The Morgan fingerprint density at radius 3 is 2.30 bits per heavy atom. The van der Waals surface area contributed by atoms with Crippen LogP contribution in [0.1, 0.15) is 36.3 Å². The average molecular weight is 367 g/mol. The molecule has 1 aliphatic heterocycles. The molecular formula is C23H30N2O2. The maximum Gasteiger partial charge on any atom is 0.220 e. The summed E-state index contributed by atoms with van der Waals surface area (Å²) in [4.78, 5) is 14.9. The summed E-state index contributed by atoms with van der Waals surface area (Å²) in [6.45, 7) is 3.77. The Bertz CT molecular complexity index is 651. The van der Waals surface area contributed by atoms with Gasteiger partial charge in [-0.05, 0) is 36.4 Å². The molecular weight excluding hydrogens is 336 g/mol. The van der Waals surface area contributed by atoms with Gasteiger partial charge in [0.15, 0.2) is 0 Å². The van der Waals surface area contributed by atoms with Crippen molar-refractivity contribution in [1.29, 1.82) is 0 Å². The van der Waals surface area contributed by atoms with Crippen molar-refractivity contribution in [2.24, 2.45) is 5.92 Å². The molecule has 144 valence electrons. The van der Waals surface area contributed by atoms with Gasteiger partial charge in [0.1, 0.15) is 0 Å². The van der Waals surface area contributed by atoms with Gasteiger partial charge in [-0.15, -0.1) is 0 Å². The molecule has 1 aliphatic rings. The number of carbonyl (C=O) groups excluding carboxylic acids is 1. The number of hydrogen-bond acceptors (Lipinski definition) is 3. The molecule has 1 fully saturated rings. The van der Waals surface area contributed by atoms with Crippen LogP contribution in [0.25, 0.3) is 0 Å². The second-order valence-electron chi connectivity index (χ2n) is 7.42. The summed E-state index contributed by atoms with van der Waals surface area (Å²) in [5, 5.41) is 12.4. The molecule has 1 atom stereocenters. The van der Waals surface area contributed by atoms with Crippen molar-refractivity contribution < 1.29 is 9.90 Å². The smallest absolute Gasteiger partial charge is 0.220 e. The standard InChI is InChI=1S/C23H30N2O2/c26-18-19-8-7-14-25(17-19)15-13-24-23(27)16-22(20-9-3-1-4-10-20)21-11-5-2-6-12-21/h1-6,9-12,19,22,26H,7-8,13-18H2,(H,24,27)/t19-/m1/s1. The van der Waals surface area contributed by atoms with Crippen molar-refractivity contribution in [3.8, 4) is 0 Å². The topological polar surface area (TPSA) is 52.6 Å². The lowest BCUT2D eigenvalue weighted by Crippen LogP contribution is -2.41. The van der Waals surface area contributed by atoms with Gasteiger partial charge in [0.2, 0.25) is 5.91 Å². The number of amides is 1. The maximum absolute atomic E-state index is 12.6. The van der Waals surface area contributed by atoms with Gasteiger partial charge in [-0.25, -0.2) is 0 Å². The van der Waals surface area contributed by atoms with E-state index in [0.29, 0.717) is 18.9 Å². The number of nitrogens with one attached hydrogen (secondary N) is 1. The van der Waals surface area contributed by atoms with E-state index >= 15 is 0 Å². The van der Waals surface area contributed by atoms with Crippen LogP contribution in [0.15, 0.2) is 60.7 Å². The minimum Gasteiger partial charge on any atom is -0.396 e. The van der Waals surface area contributed by atoms with Crippen LogP contribution in [-0.4, -0.2) is 48.7 Å². The number of aliphatic hydroxyl groups is 1. The van der Waals surface area contributed by atoms with E-state index in [0.717, 1.165) is 32.5 Å². The van der Waals surface area contributed by atoms with E-state index in [9.17, 15) is 9.90 Å². The van der Waals surface area contributed by atoms with E-state index in [2.05, 4.69) is 34.5 Å². The van der Waals surface area contributed by atoms with Gasteiger partial charge in [-0.3, -0.25) is 4.79 Å². The Morgan fingerprint density at radius 1 is 1.07 bits per heavy atom. The van der Waals surface area contributed by atoms with Gasteiger partial charge >= 0.3 is 0 Å². The summed E-state index contributed by atoms with van der Waals surface area (Å²) >= 11 is 0. The Kier molecular flexibility index (Phi) is 7.43. The molecule has 4 nitrogen and oxygen atoms in total. The monoisotopic (exact) mass is 366 g/mol. The number of rotatable bonds is 8. The normalized spacial score (nSPS) is 17.8. The van der Waals surface area contributed by atoms with E-state index in [-0.39, 0.29) is 18.4 Å². The van der Waals surface area contributed by atoms with Crippen LogP contribution < -0.4 is 5.32 Å². The highest BCUT2D eigenvalue weighted by atomic mass is 16.3. The lowest BCUT2D eigenvalue weighted by atomic mass is 9.88. The van der Waals surface area contributed by atoms with Crippen LogP contribution in [0.5, 0.6) is 0 Å². The highest BCUT2D eigenvalue weighted by Crippen LogP contribution is 2.27. The number of nitrogens with zero attached hydrogens (tertiary/aromatic N) is 1. The number of benzene rings is 2. The molecule has 2 N–H and O–H groups in total. The van der Waals surface area contributed by atoms with E-state index in [1.807, 2.05) is 36.4 Å². The van der Waals surface area contributed by atoms with Crippen LogP contribution in [0, 0.1) is 5.92 Å². The van der Waals surface area contributed by atoms with Crippen molar-refractivity contribution in [3.05, 3.63) is 71.8 Å². The summed E-state index contributed by atoms with van der Waals surface area (Å²) in [6, 6.07) is 20.5. The number of piperidine rings is 1. The molecule has 2 aromatic carbocycles. The first-order chi connectivity index (χ1) is 13.3. The average Bonchev–Trinajstić information content (AvgIpc) is 2.73. The maximum atomic E-state index is 12.6. The molecule has 0 unspecified atom stereocenters. The highest BCUT2D eigenvalue weighted by molar-refractivity contribution is 5.77. The van der Waals surface area contributed by atoms with Crippen molar-refractivity contribution in [1.82, 2.24) is 10.2 Å². The Hall–Kier alpha value is -2.17. The first-order valence-electron chi connectivity index (χ1n) is 9.96. The summed E-state index contributed by atoms with van der Waals surface area (Å²) < 4.78 is 0. The van der Waals surface area contributed by atoms with Crippen LogP contribution >= 0.6 is 0 Å². The molecule has 0 aliphatic carbocycles. The van der Waals surface area contributed by atoms with Gasteiger partial charge in [0.25, 0.3) is 0 Å². The Balaban J connectivity index is 1.54. The molecule has 3 rings (SSSR count). The fraction of sp³-hybridized carbons (Fsp3) is 0.435. The highest BCUT2D eigenvalue weighted by Gasteiger charge is 2.20. The molecule has 0 saturated carbocycles. The fourth-order valence-corrected chi connectivity index (χ4v) is 3.91. The molecule has 2 aromatic rings. The molecule has 4 heteroatoms. The third-order valence-corrected chi connectivity index (χ3v) is 5.40. The van der Waals surface area contributed by atoms with Crippen LogP contribution in [0.3, 0.4) is 0 Å². The van der Waals surface area contributed by atoms with Gasteiger partial charge < -0.3 is 15.3 Å². The summed E-state index contributed by atoms with van der Waals surface area (Å²) in [5.41, 5.74) is 2.33. The zero-order valence-electron chi connectivity index (χ0n) is 15.9. The largest absolute Gasteiger partial charge is 0.396 e. The summed E-state index contributed by atoms with van der Waals surface area (Å²) in [6.07, 6.45) is 2.69. The van der Waals surface area contributed by atoms with Gasteiger partial charge in [-0.1, -0.05) is 60.7 Å². The van der Waals surface area contributed by atoms with Crippen LogP contribution in [-0.2, 0) is 4.79 Å².